The summed E-state index contributed by atoms with van der Waals surface area (Å²) in [6, 6.07) is 0. The van der Waals surface area contributed by atoms with Crippen molar-refractivity contribution in [1.29, 1.82) is 0 Å². The number of halogens is 1. The normalized spacial score (nSPS) is 9.44. The molecule has 0 atom stereocenters. The molecule has 0 spiro atoms. The first-order chi connectivity index (χ1) is 4.41. The van der Waals surface area contributed by atoms with E-state index in [9.17, 15) is 4.79 Å². The van der Waals surface area contributed by atoms with Gasteiger partial charge < -0.3 is 10.2 Å². The van der Waals surface area contributed by atoms with Gasteiger partial charge in [-0.05, 0) is 0 Å². The molecule has 0 rings (SSSR count). The fraction of sp³-hybridized carbons (Fsp3) is 0.500. The van der Waals surface area contributed by atoms with Gasteiger partial charge in [-0.3, -0.25) is 4.79 Å². The average molecular weight is 151 g/mol. The predicted molar refractivity (Wildman–Crippen MR) is 34.4 cm³/mol. The van der Waals surface area contributed by atoms with Crippen molar-refractivity contribution in [2.24, 2.45) is 5.10 Å². The Bertz CT molecular complexity index is 96.6. The third-order valence-corrected chi connectivity index (χ3v) is 0.656. The fourth-order valence-electron chi connectivity index (χ4n) is 0.199. The lowest BCUT2D eigenvalue weighted by atomic mass is 10.8. The molecule has 0 aliphatic heterocycles. The number of ether oxygens (including phenoxy) is 1. The van der Waals surface area contributed by atoms with E-state index in [2.05, 4.69) is 15.3 Å². The maximum atomic E-state index is 9.47. The summed E-state index contributed by atoms with van der Waals surface area (Å²) < 4.78 is 4.10. The second kappa shape index (κ2) is 7.23. The van der Waals surface area contributed by atoms with Crippen molar-refractivity contribution in [2.75, 3.05) is 12.4 Å². The SMILES string of the molecule is O=COC=NNCCCl. The number of nitrogens with one attached hydrogen (secondary N) is 1. The van der Waals surface area contributed by atoms with Gasteiger partial charge in [-0.1, -0.05) is 0 Å². The highest BCUT2D eigenvalue weighted by molar-refractivity contribution is 6.18. The minimum absolute atomic E-state index is 0.284. The van der Waals surface area contributed by atoms with Gasteiger partial charge in [0.1, 0.15) is 0 Å². The summed E-state index contributed by atoms with van der Waals surface area (Å²) in [6.07, 6.45) is 1.000. The average Bonchev–Trinajstić information content (AvgIpc) is 1.89. The summed E-state index contributed by atoms with van der Waals surface area (Å²) >= 11 is 5.27. The summed E-state index contributed by atoms with van der Waals surface area (Å²) in [5, 5.41) is 3.44. The topological polar surface area (TPSA) is 50.7 Å². The van der Waals surface area contributed by atoms with E-state index in [0.29, 0.717) is 12.4 Å². The lowest BCUT2D eigenvalue weighted by Gasteiger charge is -1.90. The Morgan fingerprint density at radius 1 is 1.78 bits per heavy atom. The maximum Gasteiger partial charge on any atom is 0.299 e. The number of hydrogen-bond acceptors (Lipinski definition) is 4. The quantitative estimate of drug-likeness (QED) is 0.149. The number of carbonyl (C=O) groups excluding carboxylic acids is 1. The summed E-state index contributed by atoms with van der Waals surface area (Å²) in [6.45, 7) is 0.839. The molecule has 1 N–H and O–H groups in total. The Morgan fingerprint density at radius 2 is 2.56 bits per heavy atom. The van der Waals surface area contributed by atoms with Crippen molar-refractivity contribution >= 4 is 24.5 Å². The molecule has 0 aliphatic carbocycles. The van der Waals surface area contributed by atoms with Gasteiger partial charge in [-0.2, -0.15) is 0 Å². The van der Waals surface area contributed by atoms with Crippen LogP contribution in [-0.4, -0.2) is 25.3 Å². The predicted octanol–water partition coefficient (Wildman–Crippen LogP) is -0.0689. The van der Waals surface area contributed by atoms with E-state index in [1.54, 1.807) is 0 Å². The van der Waals surface area contributed by atoms with E-state index < -0.39 is 0 Å². The first kappa shape index (κ1) is 8.23. The van der Waals surface area contributed by atoms with Crippen LogP contribution in [0.5, 0.6) is 0 Å². The monoisotopic (exact) mass is 150 g/mol. The van der Waals surface area contributed by atoms with Crippen molar-refractivity contribution in [3.8, 4) is 0 Å². The molecule has 0 aromatic rings. The molecule has 52 valence electrons. The van der Waals surface area contributed by atoms with Gasteiger partial charge in [0.25, 0.3) is 6.47 Å². The van der Waals surface area contributed by atoms with E-state index in [4.69, 9.17) is 11.6 Å². The number of rotatable bonds is 5. The molecule has 0 saturated carbocycles. The molecule has 0 amide bonds. The second-order valence-corrected chi connectivity index (χ2v) is 1.44. The molecule has 0 bridgehead atoms. The van der Waals surface area contributed by atoms with E-state index >= 15 is 0 Å². The van der Waals surface area contributed by atoms with E-state index in [1.807, 2.05) is 0 Å². The minimum Gasteiger partial charge on any atom is -0.415 e. The summed E-state index contributed by atoms with van der Waals surface area (Å²) in [5.41, 5.74) is 2.52. The van der Waals surface area contributed by atoms with Crippen molar-refractivity contribution in [1.82, 2.24) is 5.43 Å². The molecule has 0 saturated heterocycles. The van der Waals surface area contributed by atoms with Gasteiger partial charge >= 0.3 is 0 Å². The van der Waals surface area contributed by atoms with Gasteiger partial charge in [0.15, 0.2) is 0 Å². The molecule has 0 radical (unpaired) electrons. The lowest BCUT2D eigenvalue weighted by Crippen LogP contribution is -2.08. The molecular weight excluding hydrogens is 144 g/mol. The van der Waals surface area contributed by atoms with Gasteiger partial charge in [-0.25, -0.2) is 0 Å². The standard InChI is InChI=1S/C4H7ClN2O2/c5-1-2-6-7-3-9-4-8/h3-4,6H,1-2H2. The van der Waals surface area contributed by atoms with Crippen LogP contribution < -0.4 is 5.43 Å². The number of hydrazone groups is 1. The molecule has 0 fully saturated rings. The van der Waals surface area contributed by atoms with E-state index in [-0.39, 0.29) is 6.47 Å². The Balaban J connectivity index is 2.94. The summed E-state index contributed by atoms with van der Waals surface area (Å²) in [4.78, 5) is 9.47. The van der Waals surface area contributed by atoms with Crippen LogP contribution >= 0.6 is 11.6 Å². The zero-order valence-corrected chi connectivity index (χ0v) is 5.47. The third-order valence-electron chi connectivity index (χ3n) is 0.467. The smallest absolute Gasteiger partial charge is 0.299 e. The molecule has 0 aliphatic rings. The fourth-order valence-corrected chi connectivity index (χ4v) is 0.284. The number of alkyl halides is 1. The second-order valence-electron chi connectivity index (χ2n) is 1.06. The van der Waals surface area contributed by atoms with Crippen LogP contribution in [-0.2, 0) is 9.53 Å². The molecule has 0 aromatic heterocycles. The van der Waals surface area contributed by atoms with Crippen LogP contribution in [0.1, 0.15) is 0 Å². The molecule has 0 unspecified atom stereocenters. The van der Waals surface area contributed by atoms with Gasteiger partial charge in [-0.15, -0.1) is 16.7 Å². The Labute approximate surface area is 57.8 Å². The number of hydrogen-bond donors (Lipinski definition) is 1. The van der Waals surface area contributed by atoms with Crippen LogP contribution in [0.4, 0.5) is 0 Å². The number of carbonyl (C=O) groups is 1. The minimum atomic E-state index is 0.284. The first-order valence-electron chi connectivity index (χ1n) is 2.31. The number of nitrogens with zero attached hydrogens (tertiary/aromatic N) is 1. The summed E-state index contributed by atoms with van der Waals surface area (Å²) in [7, 11) is 0. The van der Waals surface area contributed by atoms with Gasteiger partial charge in [0.2, 0.25) is 6.40 Å². The van der Waals surface area contributed by atoms with E-state index in [1.165, 1.54) is 0 Å². The van der Waals surface area contributed by atoms with Crippen LogP contribution in [0.2, 0.25) is 0 Å². The molecule has 9 heavy (non-hydrogen) atoms. The van der Waals surface area contributed by atoms with Crippen LogP contribution in [0.15, 0.2) is 5.10 Å². The van der Waals surface area contributed by atoms with Gasteiger partial charge in [0, 0.05) is 12.4 Å². The van der Waals surface area contributed by atoms with Crippen molar-refractivity contribution in [3.63, 3.8) is 0 Å². The van der Waals surface area contributed by atoms with Crippen LogP contribution in [0.25, 0.3) is 0 Å². The van der Waals surface area contributed by atoms with Gasteiger partial charge in [0.05, 0.1) is 0 Å². The summed E-state index contributed by atoms with van der Waals surface area (Å²) in [5.74, 6) is 0.471. The van der Waals surface area contributed by atoms with Crippen molar-refractivity contribution < 1.29 is 9.53 Å². The highest BCUT2D eigenvalue weighted by Crippen LogP contribution is 1.68. The Hall–Kier alpha value is -0.770. The molecule has 0 heterocycles. The zero-order valence-electron chi connectivity index (χ0n) is 4.71. The molecule has 0 aromatic carbocycles. The molecule has 4 nitrogen and oxygen atoms in total. The van der Waals surface area contributed by atoms with Crippen molar-refractivity contribution in [2.45, 2.75) is 0 Å². The third kappa shape index (κ3) is 7.23. The maximum absolute atomic E-state index is 9.47. The molecule has 5 heteroatoms. The lowest BCUT2D eigenvalue weighted by molar-refractivity contribution is -0.121. The highest BCUT2D eigenvalue weighted by Gasteiger charge is 1.74. The van der Waals surface area contributed by atoms with E-state index in [0.717, 1.165) is 6.40 Å². The van der Waals surface area contributed by atoms with Crippen LogP contribution in [0, 0.1) is 0 Å². The van der Waals surface area contributed by atoms with Crippen LogP contribution in [0.3, 0.4) is 0 Å². The first-order valence-corrected chi connectivity index (χ1v) is 2.84. The Kier molecular flexibility index (Phi) is 6.61. The van der Waals surface area contributed by atoms with Crippen molar-refractivity contribution in [3.05, 3.63) is 0 Å². The highest BCUT2D eigenvalue weighted by atomic mass is 35.5. The zero-order chi connectivity index (χ0) is 6.95. The largest absolute Gasteiger partial charge is 0.415 e. The Morgan fingerprint density at radius 3 is 3.11 bits per heavy atom. The molecular formula is C4H7ClN2O2.